The fourth-order valence-corrected chi connectivity index (χ4v) is 1.92. The zero-order valence-corrected chi connectivity index (χ0v) is 13.1. The minimum atomic E-state index is -0.932. The Morgan fingerprint density at radius 3 is 2.65 bits per heavy atom. The maximum atomic E-state index is 13.3. The number of imide groups is 1. The van der Waals surface area contributed by atoms with E-state index in [4.69, 9.17) is 4.74 Å². The van der Waals surface area contributed by atoms with Gasteiger partial charge in [0, 0.05) is 10.7 Å². The average molecular weight is 384 g/mol. The molecule has 2 rings (SSSR count). The summed E-state index contributed by atoms with van der Waals surface area (Å²) in [6.07, 6.45) is 1.53. The predicted octanol–water partition coefficient (Wildman–Crippen LogP) is 2.42. The number of esters is 1. The van der Waals surface area contributed by atoms with E-state index < -0.39 is 30.3 Å². The zero-order chi connectivity index (χ0) is 16.8. The van der Waals surface area contributed by atoms with Gasteiger partial charge in [-0.15, -0.1) is 0 Å². The number of hydrogen-bond donors (Lipinski definition) is 3. The number of H-pyrrole nitrogens is 1. The molecule has 0 unspecified atom stereocenters. The summed E-state index contributed by atoms with van der Waals surface area (Å²) in [5.74, 6) is -2.24. The molecule has 3 amide bonds. The minimum Gasteiger partial charge on any atom is -0.451 e. The van der Waals surface area contributed by atoms with Gasteiger partial charge in [0.15, 0.2) is 6.61 Å². The molecule has 0 radical (unpaired) electrons. The SMILES string of the molecule is O=C(COC(=O)c1cc(Br)c[nH]1)NC(=O)Nc1ccccc1F. The van der Waals surface area contributed by atoms with Crippen LogP contribution in [0.1, 0.15) is 10.5 Å². The number of carbonyl (C=O) groups excluding carboxylic acids is 3. The Kier molecular flexibility index (Phi) is 5.47. The van der Waals surface area contributed by atoms with Crippen LogP contribution in [0.15, 0.2) is 41.0 Å². The predicted molar refractivity (Wildman–Crippen MR) is 82.3 cm³/mol. The third-order valence-corrected chi connectivity index (χ3v) is 3.03. The van der Waals surface area contributed by atoms with Crippen LogP contribution in [0, 0.1) is 5.82 Å². The van der Waals surface area contributed by atoms with Gasteiger partial charge >= 0.3 is 12.0 Å². The second kappa shape index (κ2) is 7.54. The first-order valence-corrected chi connectivity index (χ1v) is 7.11. The highest BCUT2D eigenvalue weighted by Crippen LogP contribution is 2.12. The number of nitrogens with one attached hydrogen (secondary N) is 3. The molecular formula is C14H11BrFN3O4. The maximum Gasteiger partial charge on any atom is 0.355 e. The number of carbonyl (C=O) groups is 3. The Labute approximate surface area is 138 Å². The molecule has 0 aliphatic carbocycles. The van der Waals surface area contributed by atoms with Crippen molar-refractivity contribution in [1.82, 2.24) is 10.3 Å². The second-order valence-electron chi connectivity index (χ2n) is 4.29. The third-order valence-electron chi connectivity index (χ3n) is 2.58. The second-order valence-corrected chi connectivity index (χ2v) is 5.21. The van der Waals surface area contributed by atoms with Crippen molar-refractivity contribution in [1.29, 1.82) is 0 Å². The summed E-state index contributed by atoms with van der Waals surface area (Å²) in [5.41, 5.74) is 0.0755. The number of para-hydroxylation sites is 1. The molecule has 1 aromatic carbocycles. The molecule has 0 saturated heterocycles. The Balaban J connectivity index is 1.79. The molecule has 0 aliphatic heterocycles. The van der Waals surface area contributed by atoms with Crippen molar-refractivity contribution >= 4 is 39.5 Å². The number of rotatable bonds is 4. The van der Waals surface area contributed by atoms with Gasteiger partial charge in [-0.2, -0.15) is 0 Å². The Bertz CT molecular complexity index is 747. The Morgan fingerprint density at radius 2 is 2.00 bits per heavy atom. The number of halogens is 2. The monoisotopic (exact) mass is 383 g/mol. The van der Waals surface area contributed by atoms with E-state index in [2.05, 4.69) is 26.2 Å². The summed E-state index contributed by atoms with van der Waals surface area (Å²) >= 11 is 3.15. The molecule has 1 aromatic heterocycles. The quantitative estimate of drug-likeness (QED) is 0.705. The summed E-state index contributed by atoms with van der Waals surface area (Å²) in [6.45, 7) is -0.653. The lowest BCUT2D eigenvalue weighted by molar-refractivity contribution is -0.123. The van der Waals surface area contributed by atoms with Gasteiger partial charge in [-0.3, -0.25) is 10.1 Å². The van der Waals surface area contributed by atoms with Crippen LogP contribution in [0.25, 0.3) is 0 Å². The van der Waals surface area contributed by atoms with E-state index in [1.165, 1.54) is 30.5 Å². The number of benzene rings is 1. The number of ether oxygens (including phenoxy) is 1. The summed E-state index contributed by atoms with van der Waals surface area (Å²) < 4.78 is 18.7. The molecule has 2 aromatic rings. The lowest BCUT2D eigenvalue weighted by atomic mass is 10.3. The van der Waals surface area contributed by atoms with Crippen molar-refractivity contribution in [2.24, 2.45) is 0 Å². The van der Waals surface area contributed by atoms with Crippen LogP contribution in [0.2, 0.25) is 0 Å². The van der Waals surface area contributed by atoms with E-state index >= 15 is 0 Å². The number of anilines is 1. The molecular weight excluding hydrogens is 373 g/mol. The van der Waals surface area contributed by atoms with Gasteiger partial charge in [-0.25, -0.2) is 14.0 Å². The molecule has 0 aliphatic rings. The first-order chi connectivity index (χ1) is 11.0. The summed E-state index contributed by atoms with van der Waals surface area (Å²) in [4.78, 5) is 37.3. The summed E-state index contributed by atoms with van der Waals surface area (Å²) in [6, 6.07) is 6.03. The van der Waals surface area contributed by atoms with E-state index in [0.717, 1.165) is 6.07 Å². The highest BCUT2D eigenvalue weighted by molar-refractivity contribution is 9.10. The number of urea groups is 1. The maximum absolute atomic E-state index is 13.3. The number of aromatic amines is 1. The van der Waals surface area contributed by atoms with Crippen molar-refractivity contribution in [3.8, 4) is 0 Å². The van der Waals surface area contributed by atoms with E-state index in [9.17, 15) is 18.8 Å². The highest BCUT2D eigenvalue weighted by Gasteiger charge is 2.14. The molecule has 0 spiro atoms. The molecule has 0 fully saturated rings. The standard InChI is InChI=1S/C14H11BrFN3O4/c15-8-5-11(17-6-8)13(21)23-7-12(20)19-14(22)18-10-4-2-1-3-9(10)16/h1-6,17H,7H2,(H2,18,19,20,22). The average Bonchev–Trinajstić information content (AvgIpc) is 2.94. The minimum absolute atomic E-state index is 0.0777. The van der Waals surface area contributed by atoms with Crippen molar-refractivity contribution in [2.75, 3.05) is 11.9 Å². The molecule has 23 heavy (non-hydrogen) atoms. The smallest absolute Gasteiger partial charge is 0.355 e. The molecule has 9 heteroatoms. The lowest BCUT2D eigenvalue weighted by Gasteiger charge is -2.07. The van der Waals surface area contributed by atoms with Gasteiger partial charge in [0.1, 0.15) is 11.5 Å². The molecule has 120 valence electrons. The van der Waals surface area contributed by atoms with Crippen molar-refractivity contribution < 1.29 is 23.5 Å². The molecule has 3 N–H and O–H groups in total. The van der Waals surface area contributed by atoms with Gasteiger partial charge in [0.25, 0.3) is 5.91 Å². The van der Waals surface area contributed by atoms with E-state index in [0.29, 0.717) is 4.47 Å². The van der Waals surface area contributed by atoms with E-state index in [1.807, 2.05) is 5.32 Å². The molecule has 7 nitrogen and oxygen atoms in total. The van der Waals surface area contributed by atoms with Crippen LogP contribution in [-0.4, -0.2) is 29.5 Å². The van der Waals surface area contributed by atoms with Gasteiger partial charge < -0.3 is 15.0 Å². The van der Waals surface area contributed by atoms with Crippen LogP contribution >= 0.6 is 15.9 Å². The van der Waals surface area contributed by atoms with Gasteiger partial charge in [0.2, 0.25) is 0 Å². The van der Waals surface area contributed by atoms with E-state index in [1.54, 1.807) is 0 Å². The summed E-state index contributed by atoms with van der Waals surface area (Å²) in [7, 11) is 0. The van der Waals surface area contributed by atoms with Crippen LogP contribution in [0.3, 0.4) is 0 Å². The Morgan fingerprint density at radius 1 is 1.26 bits per heavy atom. The topological polar surface area (TPSA) is 100 Å². The van der Waals surface area contributed by atoms with Crippen molar-refractivity contribution in [3.05, 3.63) is 52.5 Å². The molecule has 0 atom stereocenters. The van der Waals surface area contributed by atoms with Crippen molar-refractivity contribution in [3.63, 3.8) is 0 Å². The number of amides is 3. The number of hydrogen-bond acceptors (Lipinski definition) is 4. The third kappa shape index (κ3) is 4.92. The molecule has 1 heterocycles. The Hall–Kier alpha value is -2.68. The van der Waals surface area contributed by atoms with Gasteiger partial charge in [-0.1, -0.05) is 12.1 Å². The molecule has 0 bridgehead atoms. The van der Waals surface area contributed by atoms with Gasteiger partial charge in [-0.05, 0) is 34.1 Å². The van der Waals surface area contributed by atoms with Crippen LogP contribution in [-0.2, 0) is 9.53 Å². The normalized spacial score (nSPS) is 10.0. The molecule has 0 saturated carbocycles. The first-order valence-electron chi connectivity index (χ1n) is 6.32. The largest absolute Gasteiger partial charge is 0.451 e. The first kappa shape index (κ1) is 16.7. The fraction of sp³-hybridized carbons (Fsp3) is 0.0714. The van der Waals surface area contributed by atoms with Crippen LogP contribution in [0.4, 0.5) is 14.9 Å². The van der Waals surface area contributed by atoms with Gasteiger partial charge in [0.05, 0.1) is 5.69 Å². The van der Waals surface area contributed by atoms with E-state index in [-0.39, 0.29) is 11.4 Å². The fourth-order valence-electron chi connectivity index (χ4n) is 1.57. The lowest BCUT2D eigenvalue weighted by Crippen LogP contribution is -2.37. The van der Waals surface area contributed by atoms with Crippen molar-refractivity contribution in [2.45, 2.75) is 0 Å². The zero-order valence-electron chi connectivity index (χ0n) is 11.6. The number of aromatic nitrogens is 1. The highest BCUT2D eigenvalue weighted by atomic mass is 79.9. The summed E-state index contributed by atoms with van der Waals surface area (Å²) in [5, 5.41) is 4.08. The van der Waals surface area contributed by atoms with Crippen LogP contribution < -0.4 is 10.6 Å². The van der Waals surface area contributed by atoms with Crippen LogP contribution in [0.5, 0.6) is 0 Å².